The highest BCUT2D eigenvalue weighted by Gasteiger charge is 2.09. The molecule has 0 radical (unpaired) electrons. The summed E-state index contributed by atoms with van der Waals surface area (Å²) in [6.45, 7) is 0. The first kappa shape index (κ1) is 14.9. The van der Waals surface area contributed by atoms with Gasteiger partial charge in [0.05, 0.1) is 25.4 Å². The van der Waals surface area contributed by atoms with Gasteiger partial charge in [-0.3, -0.25) is 0 Å². The number of nitrogens with zero attached hydrogens (tertiary/aromatic N) is 1. The number of hydrogen-bond acceptors (Lipinski definition) is 5. The molecule has 0 saturated carbocycles. The van der Waals surface area contributed by atoms with Crippen molar-refractivity contribution in [3.05, 3.63) is 48.3 Å². The van der Waals surface area contributed by atoms with Crippen LogP contribution in [0.2, 0.25) is 0 Å². The highest BCUT2D eigenvalue weighted by atomic mass is 19.1. The average Bonchev–Trinajstić information content (AvgIpc) is 2.56. The van der Waals surface area contributed by atoms with Crippen LogP contribution in [-0.2, 0) is 0 Å². The molecule has 2 N–H and O–H groups in total. The molecule has 1 heterocycles. The maximum Gasteiger partial charge on any atom is 0.219 e. The number of anilines is 1. The Labute approximate surface area is 132 Å². The van der Waals surface area contributed by atoms with Crippen LogP contribution in [0.25, 0.3) is 10.9 Å². The summed E-state index contributed by atoms with van der Waals surface area (Å²) in [5.74, 6) is 1.33. The van der Waals surface area contributed by atoms with Crippen molar-refractivity contribution in [2.75, 3.05) is 20.0 Å². The number of ether oxygens (including phenoxy) is 3. The van der Waals surface area contributed by atoms with Crippen LogP contribution in [0.3, 0.4) is 0 Å². The molecule has 5 nitrogen and oxygen atoms in total. The standard InChI is InChI=1S/C17H15FN2O3/c1-21-15-7-10-3-6-17(20-14(10)9-16(15)22-2)23-11-4-5-13(19)12(18)8-11/h3-9H,19H2,1-2H3. The molecule has 0 atom stereocenters. The Morgan fingerprint density at radius 2 is 1.70 bits per heavy atom. The molecule has 1 aromatic heterocycles. The van der Waals surface area contributed by atoms with Crippen LogP contribution < -0.4 is 19.9 Å². The van der Waals surface area contributed by atoms with E-state index in [1.807, 2.05) is 12.1 Å². The number of rotatable bonds is 4. The van der Waals surface area contributed by atoms with Crippen molar-refractivity contribution in [2.45, 2.75) is 0 Å². The van der Waals surface area contributed by atoms with Crippen LogP contribution in [0.15, 0.2) is 42.5 Å². The summed E-state index contributed by atoms with van der Waals surface area (Å²) in [4.78, 5) is 4.40. The van der Waals surface area contributed by atoms with Crippen LogP contribution in [0, 0.1) is 5.82 Å². The second kappa shape index (κ2) is 6.00. The zero-order valence-corrected chi connectivity index (χ0v) is 12.7. The Hall–Kier alpha value is -3.02. The average molecular weight is 314 g/mol. The van der Waals surface area contributed by atoms with Crippen molar-refractivity contribution >= 4 is 16.6 Å². The summed E-state index contributed by atoms with van der Waals surface area (Å²) in [7, 11) is 3.13. The fourth-order valence-electron chi connectivity index (χ4n) is 2.18. The molecule has 0 fully saturated rings. The van der Waals surface area contributed by atoms with Gasteiger partial charge in [0.25, 0.3) is 0 Å². The Morgan fingerprint density at radius 3 is 2.39 bits per heavy atom. The summed E-state index contributed by atoms with van der Waals surface area (Å²) in [5, 5.41) is 0.874. The summed E-state index contributed by atoms with van der Waals surface area (Å²) >= 11 is 0. The van der Waals surface area contributed by atoms with Crippen LogP contribution >= 0.6 is 0 Å². The summed E-state index contributed by atoms with van der Waals surface area (Å²) < 4.78 is 29.6. The number of halogens is 1. The van der Waals surface area contributed by atoms with Gasteiger partial charge in [-0.05, 0) is 24.3 Å². The fraction of sp³-hybridized carbons (Fsp3) is 0.118. The van der Waals surface area contributed by atoms with Gasteiger partial charge < -0.3 is 19.9 Å². The van der Waals surface area contributed by atoms with E-state index in [-0.39, 0.29) is 5.69 Å². The molecule has 2 aromatic carbocycles. The van der Waals surface area contributed by atoms with E-state index in [9.17, 15) is 4.39 Å². The van der Waals surface area contributed by atoms with Crippen molar-refractivity contribution in [3.8, 4) is 23.1 Å². The summed E-state index contributed by atoms with van der Waals surface area (Å²) in [5.41, 5.74) is 6.19. The molecule has 0 aliphatic heterocycles. The lowest BCUT2D eigenvalue weighted by Gasteiger charge is -2.10. The normalized spacial score (nSPS) is 10.6. The van der Waals surface area contributed by atoms with Gasteiger partial charge in [0.1, 0.15) is 11.6 Å². The van der Waals surface area contributed by atoms with Crippen molar-refractivity contribution in [1.29, 1.82) is 0 Å². The van der Waals surface area contributed by atoms with Gasteiger partial charge in [0.15, 0.2) is 11.5 Å². The lowest BCUT2D eigenvalue weighted by atomic mass is 10.2. The van der Waals surface area contributed by atoms with Crippen LogP contribution in [-0.4, -0.2) is 19.2 Å². The Balaban J connectivity index is 1.97. The van der Waals surface area contributed by atoms with Gasteiger partial charge in [0.2, 0.25) is 5.88 Å². The van der Waals surface area contributed by atoms with E-state index in [2.05, 4.69) is 4.98 Å². The fourth-order valence-corrected chi connectivity index (χ4v) is 2.18. The number of pyridine rings is 1. The number of aromatic nitrogens is 1. The number of hydrogen-bond donors (Lipinski definition) is 1. The number of nitrogens with two attached hydrogens (primary N) is 1. The number of methoxy groups -OCH3 is 2. The SMILES string of the molecule is COc1cc2ccc(Oc3ccc(N)c(F)c3)nc2cc1OC. The highest BCUT2D eigenvalue weighted by molar-refractivity contribution is 5.83. The molecule has 0 aliphatic rings. The zero-order chi connectivity index (χ0) is 16.4. The molecule has 0 bridgehead atoms. The third kappa shape index (κ3) is 2.96. The van der Waals surface area contributed by atoms with Crippen LogP contribution in [0.5, 0.6) is 23.1 Å². The molecule has 118 valence electrons. The lowest BCUT2D eigenvalue weighted by molar-refractivity contribution is 0.355. The van der Waals surface area contributed by atoms with Gasteiger partial charge in [-0.15, -0.1) is 0 Å². The first-order chi connectivity index (χ1) is 11.1. The second-order valence-corrected chi connectivity index (χ2v) is 4.83. The topological polar surface area (TPSA) is 66.6 Å². The van der Waals surface area contributed by atoms with Crippen molar-refractivity contribution in [2.24, 2.45) is 0 Å². The third-order valence-corrected chi connectivity index (χ3v) is 3.36. The molecule has 23 heavy (non-hydrogen) atoms. The van der Waals surface area contributed by atoms with Crippen molar-refractivity contribution in [3.63, 3.8) is 0 Å². The first-order valence-corrected chi connectivity index (χ1v) is 6.86. The van der Waals surface area contributed by atoms with Gasteiger partial charge in [-0.2, -0.15) is 0 Å². The van der Waals surface area contributed by atoms with E-state index < -0.39 is 5.82 Å². The quantitative estimate of drug-likeness (QED) is 0.743. The molecule has 6 heteroatoms. The smallest absolute Gasteiger partial charge is 0.219 e. The Morgan fingerprint density at radius 1 is 0.957 bits per heavy atom. The summed E-state index contributed by atoms with van der Waals surface area (Å²) in [6, 6.07) is 11.4. The molecule has 3 aromatic rings. The molecule has 3 rings (SSSR count). The minimum absolute atomic E-state index is 0.0700. The molecule has 0 amide bonds. The lowest BCUT2D eigenvalue weighted by Crippen LogP contribution is -1.94. The minimum atomic E-state index is -0.533. The van der Waals surface area contributed by atoms with E-state index in [1.54, 1.807) is 32.4 Å². The largest absolute Gasteiger partial charge is 0.493 e. The van der Waals surface area contributed by atoms with E-state index in [0.29, 0.717) is 28.6 Å². The van der Waals surface area contributed by atoms with Crippen molar-refractivity contribution in [1.82, 2.24) is 4.98 Å². The van der Waals surface area contributed by atoms with E-state index in [1.165, 1.54) is 12.1 Å². The summed E-state index contributed by atoms with van der Waals surface area (Å²) in [6.07, 6.45) is 0. The number of fused-ring (bicyclic) bond motifs is 1. The molecule has 0 saturated heterocycles. The predicted octanol–water partition coefficient (Wildman–Crippen LogP) is 3.77. The third-order valence-electron chi connectivity index (χ3n) is 3.36. The number of benzene rings is 2. The predicted molar refractivity (Wildman–Crippen MR) is 85.7 cm³/mol. The molecular weight excluding hydrogens is 299 g/mol. The van der Waals surface area contributed by atoms with Crippen molar-refractivity contribution < 1.29 is 18.6 Å². The van der Waals surface area contributed by atoms with Crippen LogP contribution in [0.4, 0.5) is 10.1 Å². The van der Waals surface area contributed by atoms with Crippen LogP contribution in [0.1, 0.15) is 0 Å². The molecule has 0 unspecified atom stereocenters. The van der Waals surface area contributed by atoms with E-state index in [4.69, 9.17) is 19.9 Å². The number of nitrogen functional groups attached to an aromatic ring is 1. The van der Waals surface area contributed by atoms with Gasteiger partial charge >= 0.3 is 0 Å². The zero-order valence-electron chi connectivity index (χ0n) is 12.7. The molecule has 0 spiro atoms. The maximum absolute atomic E-state index is 13.5. The Kier molecular flexibility index (Phi) is 3.89. The minimum Gasteiger partial charge on any atom is -0.493 e. The highest BCUT2D eigenvalue weighted by Crippen LogP contribution is 2.33. The second-order valence-electron chi connectivity index (χ2n) is 4.83. The maximum atomic E-state index is 13.5. The van der Waals surface area contributed by atoms with E-state index in [0.717, 1.165) is 5.39 Å². The van der Waals surface area contributed by atoms with E-state index >= 15 is 0 Å². The molecular formula is C17H15FN2O3. The first-order valence-electron chi connectivity index (χ1n) is 6.86. The monoisotopic (exact) mass is 314 g/mol. The van der Waals surface area contributed by atoms with Gasteiger partial charge in [0, 0.05) is 23.6 Å². The van der Waals surface area contributed by atoms with Gasteiger partial charge in [-0.1, -0.05) is 0 Å². The molecule has 0 aliphatic carbocycles. The van der Waals surface area contributed by atoms with Gasteiger partial charge in [-0.25, -0.2) is 9.37 Å². The Bertz CT molecular complexity index is 868.